The van der Waals surface area contributed by atoms with E-state index in [0.29, 0.717) is 12.1 Å². The van der Waals surface area contributed by atoms with Gasteiger partial charge in [0.15, 0.2) is 0 Å². The lowest BCUT2D eigenvalue weighted by Gasteiger charge is -2.14. The van der Waals surface area contributed by atoms with E-state index in [9.17, 15) is 0 Å². The molecule has 0 saturated heterocycles. The molecule has 0 spiro atoms. The van der Waals surface area contributed by atoms with Gasteiger partial charge in [-0.3, -0.25) is 0 Å². The second kappa shape index (κ2) is 6.84. The lowest BCUT2D eigenvalue weighted by molar-refractivity contribution is 0.996. The molecule has 4 aromatic rings. The summed E-state index contributed by atoms with van der Waals surface area (Å²) in [5.74, 6) is 1.51. The van der Waals surface area contributed by atoms with Crippen molar-refractivity contribution in [2.24, 2.45) is 0 Å². The van der Waals surface area contributed by atoms with Gasteiger partial charge in [-0.15, -0.1) is 0 Å². The Morgan fingerprint density at radius 3 is 2.42 bits per heavy atom. The van der Waals surface area contributed by atoms with Crippen LogP contribution in [0.3, 0.4) is 0 Å². The van der Waals surface area contributed by atoms with Crippen molar-refractivity contribution < 1.29 is 0 Å². The molecule has 26 heavy (non-hydrogen) atoms. The predicted molar refractivity (Wildman–Crippen MR) is 108 cm³/mol. The fraction of sp³-hybridized carbons (Fsp3) is 0.0909. The molecule has 1 heterocycles. The Labute approximate surface area is 152 Å². The highest BCUT2D eigenvalue weighted by Crippen LogP contribution is 2.30. The van der Waals surface area contributed by atoms with E-state index in [1.807, 2.05) is 54.6 Å². The van der Waals surface area contributed by atoms with Crippen molar-refractivity contribution in [3.8, 4) is 0 Å². The lowest BCUT2D eigenvalue weighted by atomic mass is 10.1. The topological polar surface area (TPSA) is 63.8 Å². The van der Waals surface area contributed by atoms with Crippen molar-refractivity contribution >= 4 is 28.1 Å². The summed E-state index contributed by atoms with van der Waals surface area (Å²) in [6.45, 7) is 2.07. The molecule has 0 saturated carbocycles. The van der Waals surface area contributed by atoms with Crippen molar-refractivity contribution in [3.63, 3.8) is 0 Å². The molecular formula is C22H20N4. The zero-order valence-corrected chi connectivity index (χ0v) is 14.6. The molecule has 0 aliphatic heterocycles. The molecule has 1 aromatic heterocycles. The van der Waals surface area contributed by atoms with Gasteiger partial charge in [0.1, 0.15) is 11.6 Å². The van der Waals surface area contributed by atoms with Crippen molar-refractivity contribution in [3.05, 3.63) is 89.7 Å². The number of anilines is 3. The van der Waals surface area contributed by atoms with E-state index in [4.69, 9.17) is 15.7 Å². The fourth-order valence-corrected chi connectivity index (χ4v) is 3.05. The molecule has 3 aromatic carbocycles. The van der Waals surface area contributed by atoms with E-state index < -0.39 is 0 Å². The number of aryl methyl sites for hydroxylation is 1. The Bertz CT molecular complexity index is 1060. The molecule has 0 aliphatic rings. The average molecular weight is 340 g/mol. The third-order valence-electron chi connectivity index (χ3n) is 4.41. The van der Waals surface area contributed by atoms with Crippen LogP contribution < -0.4 is 11.1 Å². The summed E-state index contributed by atoms with van der Waals surface area (Å²) in [5.41, 5.74) is 11.1. The Balaban J connectivity index is 1.82. The maximum absolute atomic E-state index is 6.23. The standard InChI is InChI=1S/C22H20N4/c1-15-8-5-6-12-18(15)25-22-21-17(23)11-7-13-19(21)24-20(26-22)14-16-9-3-2-4-10-16/h2-13H,14,23H2,1H3,(H,24,25,26). The highest BCUT2D eigenvalue weighted by molar-refractivity contribution is 5.99. The molecule has 0 atom stereocenters. The Morgan fingerprint density at radius 2 is 1.62 bits per heavy atom. The Morgan fingerprint density at radius 1 is 0.846 bits per heavy atom. The van der Waals surface area contributed by atoms with Crippen LogP contribution in [-0.2, 0) is 6.42 Å². The molecule has 3 N–H and O–H groups in total. The predicted octanol–water partition coefficient (Wildman–Crippen LogP) is 4.85. The number of nitrogen functional groups attached to an aromatic ring is 1. The minimum Gasteiger partial charge on any atom is -0.398 e. The van der Waals surface area contributed by atoms with Gasteiger partial charge in [0.2, 0.25) is 0 Å². The van der Waals surface area contributed by atoms with Gasteiger partial charge >= 0.3 is 0 Å². The molecule has 0 radical (unpaired) electrons. The summed E-state index contributed by atoms with van der Waals surface area (Å²) in [7, 11) is 0. The van der Waals surface area contributed by atoms with E-state index in [2.05, 4.69) is 30.4 Å². The molecule has 4 heteroatoms. The number of nitrogens with two attached hydrogens (primary N) is 1. The van der Waals surface area contributed by atoms with Gasteiger partial charge in [-0.25, -0.2) is 9.97 Å². The number of fused-ring (bicyclic) bond motifs is 1. The van der Waals surface area contributed by atoms with Crippen LogP contribution in [0, 0.1) is 6.92 Å². The van der Waals surface area contributed by atoms with E-state index in [-0.39, 0.29) is 0 Å². The summed E-state index contributed by atoms with van der Waals surface area (Å²) >= 11 is 0. The first-order chi connectivity index (χ1) is 12.7. The number of nitrogens with zero attached hydrogens (tertiary/aromatic N) is 2. The third-order valence-corrected chi connectivity index (χ3v) is 4.41. The van der Waals surface area contributed by atoms with Gasteiger partial charge in [0, 0.05) is 17.8 Å². The van der Waals surface area contributed by atoms with Gasteiger partial charge in [0.25, 0.3) is 0 Å². The molecule has 0 fully saturated rings. The van der Waals surface area contributed by atoms with Crippen LogP contribution >= 0.6 is 0 Å². The molecular weight excluding hydrogens is 320 g/mol. The summed E-state index contributed by atoms with van der Waals surface area (Å²) in [6.07, 6.45) is 0.675. The van der Waals surface area contributed by atoms with Gasteiger partial charge in [-0.1, -0.05) is 54.6 Å². The number of nitrogens with one attached hydrogen (secondary N) is 1. The Hall–Kier alpha value is -3.40. The summed E-state index contributed by atoms with van der Waals surface area (Å²) < 4.78 is 0. The third kappa shape index (κ3) is 3.22. The van der Waals surface area contributed by atoms with Crippen LogP contribution in [-0.4, -0.2) is 9.97 Å². The van der Waals surface area contributed by atoms with Gasteiger partial charge in [-0.05, 0) is 36.2 Å². The average Bonchev–Trinajstić information content (AvgIpc) is 2.64. The van der Waals surface area contributed by atoms with Gasteiger partial charge < -0.3 is 11.1 Å². The Kier molecular flexibility index (Phi) is 4.23. The highest BCUT2D eigenvalue weighted by atomic mass is 15.0. The maximum atomic E-state index is 6.23. The first-order valence-electron chi connectivity index (χ1n) is 8.62. The number of hydrogen-bond donors (Lipinski definition) is 2. The van der Waals surface area contributed by atoms with Crippen LogP contribution in [0.25, 0.3) is 10.9 Å². The molecule has 0 bridgehead atoms. The van der Waals surface area contributed by atoms with E-state index in [1.165, 1.54) is 5.56 Å². The van der Waals surface area contributed by atoms with Gasteiger partial charge in [-0.2, -0.15) is 0 Å². The minimum absolute atomic E-state index is 0.671. The van der Waals surface area contributed by atoms with Crippen LogP contribution in [0.15, 0.2) is 72.8 Å². The molecule has 0 amide bonds. The minimum atomic E-state index is 0.671. The van der Waals surface area contributed by atoms with Crippen molar-refractivity contribution in [2.45, 2.75) is 13.3 Å². The van der Waals surface area contributed by atoms with Crippen LogP contribution in [0.1, 0.15) is 17.0 Å². The first kappa shape index (κ1) is 16.1. The van der Waals surface area contributed by atoms with Crippen LogP contribution in [0.2, 0.25) is 0 Å². The summed E-state index contributed by atoms with van der Waals surface area (Å²) in [6, 6.07) is 24.2. The van der Waals surface area contributed by atoms with Crippen LogP contribution in [0.4, 0.5) is 17.2 Å². The van der Waals surface area contributed by atoms with Crippen molar-refractivity contribution in [1.82, 2.24) is 9.97 Å². The van der Waals surface area contributed by atoms with E-state index in [0.717, 1.165) is 33.8 Å². The monoisotopic (exact) mass is 340 g/mol. The number of rotatable bonds is 4. The molecule has 0 unspecified atom stereocenters. The summed E-state index contributed by atoms with van der Waals surface area (Å²) in [5, 5.41) is 4.31. The smallest absolute Gasteiger partial charge is 0.144 e. The first-order valence-corrected chi connectivity index (χ1v) is 8.62. The number of hydrogen-bond acceptors (Lipinski definition) is 4. The molecule has 4 rings (SSSR count). The molecule has 128 valence electrons. The van der Waals surface area contributed by atoms with Crippen molar-refractivity contribution in [2.75, 3.05) is 11.1 Å². The van der Waals surface area contributed by atoms with Gasteiger partial charge in [0.05, 0.1) is 10.9 Å². The zero-order valence-electron chi connectivity index (χ0n) is 14.6. The highest BCUT2D eigenvalue weighted by Gasteiger charge is 2.12. The quantitative estimate of drug-likeness (QED) is 0.521. The fourth-order valence-electron chi connectivity index (χ4n) is 3.05. The van der Waals surface area contributed by atoms with E-state index >= 15 is 0 Å². The lowest BCUT2D eigenvalue weighted by Crippen LogP contribution is -2.05. The van der Waals surface area contributed by atoms with Crippen molar-refractivity contribution in [1.29, 1.82) is 0 Å². The number of aromatic nitrogens is 2. The second-order valence-electron chi connectivity index (χ2n) is 6.33. The largest absolute Gasteiger partial charge is 0.398 e. The second-order valence-corrected chi connectivity index (χ2v) is 6.33. The number of benzene rings is 3. The zero-order chi connectivity index (χ0) is 17.9. The maximum Gasteiger partial charge on any atom is 0.144 e. The normalized spacial score (nSPS) is 10.8. The number of para-hydroxylation sites is 1. The summed E-state index contributed by atoms with van der Waals surface area (Å²) in [4.78, 5) is 9.52. The molecule has 4 nitrogen and oxygen atoms in total. The SMILES string of the molecule is Cc1ccccc1Nc1nc(Cc2ccccc2)nc2cccc(N)c12. The van der Waals surface area contributed by atoms with E-state index in [1.54, 1.807) is 0 Å². The van der Waals surface area contributed by atoms with Crippen LogP contribution in [0.5, 0.6) is 0 Å². The molecule has 0 aliphatic carbocycles.